The van der Waals surface area contributed by atoms with E-state index in [1.807, 2.05) is 19.1 Å². The molecule has 2 rings (SSSR count). The Hall–Kier alpha value is -1.52. The maximum absolute atomic E-state index is 12.1. The van der Waals surface area contributed by atoms with Gasteiger partial charge >= 0.3 is 0 Å². The Kier molecular flexibility index (Phi) is 5.65. The first kappa shape index (κ1) is 15.9. The van der Waals surface area contributed by atoms with Crippen LogP contribution in [-0.4, -0.2) is 31.6 Å². The van der Waals surface area contributed by atoms with Crippen molar-refractivity contribution in [2.45, 2.75) is 26.4 Å². The predicted octanol–water partition coefficient (Wildman–Crippen LogP) is 2.45. The predicted molar refractivity (Wildman–Crippen MR) is 84.9 cm³/mol. The lowest BCUT2D eigenvalue weighted by Gasteiger charge is -2.18. The van der Waals surface area contributed by atoms with Crippen LogP contribution in [0.2, 0.25) is 5.02 Å². The van der Waals surface area contributed by atoms with E-state index < -0.39 is 6.10 Å². The Morgan fingerprint density at radius 2 is 2.33 bits per heavy atom. The van der Waals surface area contributed by atoms with Crippen molar-refractivity contribution in [2.75, 3.05) is 19.6 Å². The van der Waals surface area contributed by atoms with Gasteiger partial charge in [-0.3, -0.25) is 4.79 Å². The number of hydrogen-bond acceptors (Lipinski definition) is 3. The molecule has 1 amide bonds. The van der Waals surface area contributed by atoms with Gasteiger partial charge in [0.05, 0.1) is 5.02 Å². The quantitative estimate of drug-likeness (QED) is 0.822. The van der Waals surface area contributed by atoms with Crippen molar-refractivity contribution in [3.05, 3.63) is 40.4 Å². The second kappa shape index (κ2) is 7.48. The molecule has 1 aliphatic rings. The molecule has 0 aromatic heterocycles. The Morgan fingerprint density at radius 1 is 1.52 bits per heavy atom. The lowest BCUT2D eigenvalue weighted by atomic mass is 10.1. The zero-order chi connectivity index (χ0) is 15.2. The van der Waals surface area contributed by atoms with Gasteiger partial charge in [0.15, 0.2) is 6.10 Å². The third-order valence-electron chi connectivity index (χ3n) is 3.41. The van der Waals surface area contributed by atoms with Gasteiger partial charge < -0.3 is 15.4 Å². The van der Waals surface area contributed by atoms with E-state index in [-0.39, 0.29) is 5.91 Å². The number of aryl methyl sites for hydroxylation is 1. The zero-order valence-electron chi connectivity index (χ0n) is 12.4. The highest BCUT2D eigenvalue weighted by Gasteiger charge is 2.16. The van der Waals surface area contributed by atoms with Gasteiger partial charge in [-0.2, -0.15) is 0 Å². The molecule has 0 radical (unpaired) electrons. The van der Waals surface area contributed by atoms with Crippen molar-refractivity contribution in [3.63, 3.8) is 0 Å². The van der Waals surface area contributed by atoms with Crippen LogP contribution in [0.25, 0.3) is 0 Å². The fraction of sp³-hybridized carbons (Fsp3) is 0.438. The standard InChI is InChI=1S/C16H21ClN2O2/c1-11-3-4-14(17)15(9-11)21-12(2)16(20)19-10-13-5-7-18-8-6-13/h3-5,9,12,18H,6-8,10H2,1-2H3,(H,19,20). The molecule has 5 heteroatoms. The van der Waals surface area contributed by atoms with Crippen molar-refractivity contribution in [1.82, 2.24) is 10.6 Å². The first-order valence-electron chi connectivity index (χ1n) is 7.15. The van der Waals surface area contributed by atoms with E-state index in [1.54, 1.807) is 13.0 Å². The SMILES string of the molecule is Cc1ccc(Cl)c(OC(C)C(=O)NCC2=CCNCC2)c1. The second-order valence-corrected chi connectivity index (χ2v) is 5.64. The topological polar surface area (TPSA) is 50.4 Å². The lowest BCUT2D eigenvalue weighted by Crippen LogP contribution is -2.38. The zero-order valence-corrected chi connectivity index (χ0v) is 13.2. The fourth-order valence-corrected chi connectivity index (χ4v) is 2.28. The van der Waals surface area contributed by atoms with Crippen LogP contribution in [-0.2, 0) is 4.79 Å². The molecular weight excluding hydrogens is 288 g/mol. The summed E-state index contributed by atoms with van der Waals surface area (Å²) in [4.78, 5) is 12.1. The summed E-state index contributed by atoms with van der Waals surface area (Å²) in [5, 5.41) is 6.66. The number of carbonyl (C=O) groups excluding carboxylic acids is 1. The van der Waals surface area contributed by atoms with Crippen LogP contribution in [0.15, 0.2) is 29.8 Å². The molecule has 21 heavy (non-hydrogen) atoms. The number of benzene rings is 1. The number of rotatable bonds is 5. The van der Waals surface area contributed by atoms with Crippen molar-refractivity contribution in [3.8, 4) is 5.75 Å². The van der Waals surface area contributed by atoms with Gasteiger partial charge in [0, 0.05) is 13.1 Å². The van der Waals surface area contributed by atoms with E-state index >= 15 is 0 Å². The molecule has 0 aliphatic carbocycles. The maximum atomic E-state index is 12.1. The van der Waals surface area contributed by atoms with Crippen LogP contribution in [0.5, 0.6) is 5.75 Å². The number of carbonyl (C=O) groups is 1. The third-order valence-corrected chi connectivity index (χ3v) is 3.72. The Bertz CT molecular complexity index is 543. The van der Waals surface area contributed by atoms with Gasteiger partial charge in [0.1, 0.15) is 5.75 Å². The minimum atomic E-state index is -0.577. The molecule has 2 N–H and O–H groups in total. The van der Waals surface area contributed by atoms with Gasteiger partial charge in [-0.15, -0.1) is 0 Å². The Morgan fingerprint density at radius 3 is 3.05 bits per heavy atom. The molecule has 0 saturated carbocycles. The normalized spacial score (nSPS) is 16.0. The highest BCUT2D eigenvalue weighted by molar-refractivity contribution is 6.32. The van der Waals surface area contributed by atoms with E-state index in [2.05, 4.69) is 16.7 Å². The minimum Gasteiger partial charge on any atom is -0.479 e. The number of nitrogens with one attached hydrogen (secondary N) is 2. The highest BCUT2D eigenvalue weighted by Crippen LogP contribution is 2.26. The first-order chi connectivity index (χ1) is 10.1. The van der Waals surface area contributed by atoms with Crippen LogP contribution in [0.1, 0.15) is 18.9 Å². The Labute approximate surface area is 130 Å². The molecule has 4 nitrogen and oxygen atoms in total. The summed E-state index contributed by atoms with van der Waals surface area (Å²) >= 11 is 6.07. The van der Waals surface area contributed by atoms with Crippen LogP contribution in [0.4, 0.5) is 0 Å². The summed E-state index contributed by atoms with van der Waals surface area (Å²) in [5.74, 6) is 0.410. The fourth-order valence-electron chi connectivity index (χ4n) is 2.12. The summed E-state index contributed by atoms with van der Waals surface area (Å²) in [6.45, 7) is 6.10. The number of ether oxygens (including phenoxy) is 1. The van der Waals surface area contributed by atoms with E-state index in [4.69, 9.17) is 16.3 Å². The average Bonchev–Trinajstić information content (AvgIpc) is 2.49. The van der Waals surface area contributed by atoms with Crippen molar-refractivity contribution >= 4 is 17.5 Å². The maximum Gasteiger partial charge on any atom is 0.261 e. The van der Waals surface area contributed by atoms with Crippen LogP contribution in [0.3, 0.4) is 0 Å². The second-order valence-electron chi connectivity index (χ2n) is 5.23. The van der Waals surface area contributed by atoms with Gasteiger partial charge in [-0.05, 0) is 44.5 Å². The molecule has 1 unspecified atom stereocenters. The van der Waals surface area contributed by atoms with E-state index in [0.29, 0.717) is 17.3 Å². The molecule has 0 saturated heterocycles. The summed E-state index contributed by atoms with van der Waals surface area (Å²) in [7, 11) is 0. The van der Waals surface area contributed by atoms with Gasteiger partial charge in [-0.25, -0.2) is 0 Å². The van der Waals surface area contributed by atoms with Gasteiger partial charge in [-0.1, -0.05) is 29.3 Å². The van der Waals surface area contributed by atoms with Crippen molar-refractivity contribution in [2.24, 2.45) is 0 Å². The molecule has 1 atom stereocenters. The average molecular weight is 309 g/mol. The van der Waals surface area contributed by atoms with E-state index in [1.165, 1.54) is 5.57 Å². The molecule has 0 bridgehead atoms. The van der Waals surface area contributed by atoms with Crippen LogP contribution in [0, 0.1) is 6.92 Å². The van der Waals surface area contributed by atoms with Gasteiger partial charge in [0.2, 0.25) is 0 Å². The smallest absolute Gasteiger partial charge is 0.261 e. The summed E-state index contributed by atoms with van der Waals surface area (Å²) in [6.07, 6.45) is 2.51. The first-order valence-corrected chi connectivity index (χ1v) is 7.53. The Balaban J connectivity index is 1.87. The van der Waals surface area contributed by atoms with E-state index in [0.717, 1.165) is 25.1 Å². The molecule has 114 valence electrons. The number of halogens is 1. The van der Waals surface area contributed by atoms with Crippen molar-refractivity contribution < 1.29 is 9.53 Å². The third kappa shape index (κ3) is 4.76. The molecule has 0 fully saturated rings. The number of amides is 1. The number of hydrogen-bond donors (Lipinski definition) is 2. The molecule has 0 spiro atoms. The molecule has 1 aliphatic heterocycles. The molecule has 1 aromatic rings. The molecule has 1 heterocycles. The summed E-state index contributed by atoms with van der Waals surface area (Å²) in [6, 6.07) is 5.52. The van der Waals surface area contributed by atoms with E-state index in [9.17, 15) is 4.79 Å². The van der Waals surface area contributed by atoms with Gasteiger partial charge in [0.25, 0.3) is 5.91 Å². The largest absolute Gasteiger partial charge is 0.479 e. The summed E-state index contributed by atoms with van der Waals surface area (Å²) < 4.78 is 5.65. The lowest BCUT2D eigenvalue weighted by molar-refractivity contribution is -0.127. The minimum absolute atomic E-state index is 0.132. The monoisotopic (exact) mass is 308 g/mol. The van der Waals surface area contributed by atoms with Crippen molar-refractivity contribution in [1.29, 1.82) is 0 Å². The van der Waals surface area contributed by atoms with Crippen LogP contribution >= 0.6 is 11.6 Å². The highest BCUT2D eigenvalue weighted by atomic mass is 35.5. The molecular formula is C16H21ClN2O2. The summed E-state index contributed by atoms with van der Waals surface area (Å²) in [5.41, 5.74) is 2.30. The molecule has 1 aromatic carbocycles. The van der Waals surface area contributed by atoms with Crippen LogP contribution < -0.4 is 15.4 Å².